The summed E-state index contributed by atoms with van der Waals surface area (Å²) in [5, 5.41) is 20.5. The van der Waals surface area contributed by atoms with Gasteiger partial charge in [0.2, 0.25) is 6.20 Å². The average Bonchev–Trinajstić information content (AvgIpc) is 2.73. The minimum atomic E-state index is -0.395. The first-order valence-corrected chi connectivity index (χ1v) is 12.1. The van der Waals surface area contributed by atoms with Crippen molar-refractivity contribution in [3.8, 4) is 11.5 Å². The van der Waals surface area contributed by atoms with Gasteiger partial charge in [-0.2, -0.15) is 0 Å². The van der Waals surface area contributed by atoms with E-state index in [2.05, 4.69) is 13.8 Å². The second-order valence-corrected chi connectivity index (χ2v) is 9.47. The smallest absolute Gasteiger partial charge is 0.230 e. The van der Waals surface area contributed by atoms with Gasteiger partial charge in [0, 0.05) is 5.56 Å². The van der Waals surface area contributed by atoms with Crippen molar-refractivity contribution in [2.24, 2.45) is 0 Å². The molecule has 0 spiro atoms. The van der Waals surface area contributed by atoms with Crippen LogP contribution in [-0.2, 0) is 6.42 Å². The van der Waals surface area contributed by atoms with Gasteiger partial charge < -0.3 is 9.84 Å². The number of unbranched alkanes of at least 4 members (excludes halogenated alkanes) is 9. The van der Waals surface area contributed by atoms with Crippen LogP contribution >= 0.6 is 0 Å². The zero-order valence-corrected chi connectivity index (χ0v) is 20.0. The Balaban J connectivity index is 1.60. The van der Waals surface area contributed by atoms with Gasteiger partial charge in [-0.15, -0.1) is 0 Å². The van der Waals surface area contributed by atoms with Crippen LogP contribution in [0.3, 0.4) is 0 Å². The second kappa shape index (κ2) is 12.1. The number of benzene rings is 1. The molecule has 0 fully saturated rings. The van der Waals surface area contributed by atoms with E-state index in [-0.39, 0.29) is 5.60 Å². The van der Waals surface area contributed by atoms with Crippen molar-refractivity contribution < 1.29 is 14.8 Å². The Bertz CT molecular complexity index is 771. The number of aromatic hydroxyl groups is 1. The molecular formula is C26H41NO4. The summed E-state index contributed by atoms with van der Waals surface area (Å²) in [4.78, 5) is 9.80. The molecular weight excluding hydrogens is 390 g/mol. The molecule has 5 nitrogen and oxygen atoms in total. The molecule has 1 aromatic carbocycles. The van der Waals surface area contributed by atoms with Gasteiger partial charge in [0.25, 0.3) is 0 Å². The number of phenolic OH excluding ortho intramolecular Hbond substituents is 1. The Hall–Kier alpha value is -2.04. The van der Waals surface area contributed by atoms with Crippen LogP contribution in [-0.4, -0.2) is 15.6 Å². The first-order chi connectivity index (χ1) is 14.7. The summed E-state index contributed by atoms with van der Waals surface area (Å²) < 4.78 is 6.53. The highest BCUT2D eigenvalue weighted by atomic mass is 16.6. The van der Waals surface area contributed by atoms with Crippen LogP contribution in [0, 0.1) is 30.9 Å². The largest absolute Gasteiger partial charge is 0.507 e. The number of rotatable bonds is 13. The van der Waals surface area contributed by atoms with Crippen LogP contribution in [0.4, 0.5) is 0 Å². The molecule has 1 aromatic rings. The second-order valence-electron chi connectivity index (χ2n) is 9.47. The van der Waals surface area contributed by atoms with Gasteiger partial charge in [-0.3, -0.25) is 10.1 Å². The summed E-state index contributed by atoms with van der Waals surface area (Å²) >= 11 is 0. The molecule has 1 atom stereocenters. The summed E-state index contributed by atoms with van der Waals surface area (Å²) in [7, 11) is 0. The summed E-state index contributed by atoms with van der Waals surface area (Å²) in [5.74, 6) is 1.44. The van der Waals surface area contributed by atoms with Crippen molar-refractivity contribution >= 4 is 0 Å². The molecule has 0 amide bonds. The predicted molar refractivity (Wildman–Crippen MR) is 127 cm³/mol. The Morgan fingerprint density at radius 2 is 1.55 bits per heavy atom. The van der Waals surface area contributed by atoms with Gasteiger partial charge in [0.15, 0.2) is 0 Å². The number of phenols is 1. The molecule has 174 valence electrons. The summed E-state index contributed by atoms with van der Waals surface area (Å²) in [6.07, 6.45) is 17.6. The van der Waals surface area contributed by atoms with E-state index in [9.17, 15) is 15.2 Å². The lowest BCUT2D eigenvalue weighted by Crippen LogP contribution is -2.37. The van der Waals surface area contributed by atoms with Crippen LogP contribution in [0.15, 0.2) is 12.3 Å². The van der Waals surface area contributed by atoms with E-state index in [1.54, 1.807) is 6.08 Å². The van der Waals surface area contributed by atoms with E-state index >= 15 is 0 Å². The van der Waals surface area contributed by atoms with Crippen molar-refractivity contribution in [2.75, 3.05) is 0 Å². The molecule has 1 N–H and O–H groups in total. The highest BCUT2D eigenvalue weighted by molar-refractivity contribution is 5.58. The normalized spacial score (nSPS) is 18.2. The van der Waals surface area contributed by atoms with Crippen molar-refractivity contribution in [3.05, 3.63) is 44.6 Å². The molecule has 0 bridgehead atoms. The lowest BCUT2D eigenvalue weighted by Gasteiger charge is -2.38. The molecule has 1 heterocycles. The maximum Gasteiger partial charge on any atom is 0.230 e. The number of nitro groups is 1. The monoisotopic (exact) mass is 431 g/mol. The van der Waals surface area contributed by atoms with Crippen molar-refractivity contribution in [3.63, 3.8) is 0 Å². The molecule has 0 radical (unpaired) electrons. The number of ether oxygens (including phenoxy) is 1. The van der Waals surface area contributed by atoms with Gasteiger partial charge in [-0.1, -0.05) is 44.9 Å². The van der Waals surface area contributed by atoms with Gasteiger partial charge >= 0.3 is 0 Å². The van der Waals surface area contributed by atoms with Crippen molar-refractivity contribution in [1.29, 1.82) is 0 Å². The van der Waals surface area contributed by atoms with Gasteiger partial charge in [-0.25, -0.2) is 0 Å². The Kier molecular flexibility index (Phi) is 9.86. The standard InChI is InChI=1S/C26H41NO4/c1-20-21(2)25-23(22(3)24(20)28)16-18-26(4,31-25)17-14-12-10-8-6-5-7-9-11-13-15-19-27(29)30/h15,19,28H,5-14,16-18H2,1-4H3/b19-15+. The summed E-state index contributed by atoms with van der Waals surface area (Å²) in [6.45, 7) is 8.27. The average molecular weight is 432 g/mol. The Morgan fingerprint density at radius 1 is 0.968 bits per heavy atom. The lowest BCUT2D eigenvalue weighted by molar-refractivity contribution is -0.402. The van der Waals surface area contributed by atoms with Crippen LogP contribution in [0.2, 0.25) is 0 Å². The number of fused-ring (bicyclic) bond motifs is 1. The number of hydrogen-bond acceptors (Lipinski definition) is 4. The molecule has 0 saturated heterocycles. The summed E-state index contributed by atoms with van der Waals surface area (Å²) in [5.41, 5.74) is 4.09. The molecule has 0 aromatic heterocycles. The Labute approximate surface area is 188 Å². The molecule has 1 aliphatic rings. The Morgan fingerprint density at radius 3 is 2.16 bits per heavy atom. The lowest BCUT2D eigenvalue weighted by atomic mass is 9.84. The zero-order chi connectivity index (χ0) is 22.9. The fourth-order valence-corrected chi connectivity index (χ4v) is 4.63. The fraction of sp³-hybridized carbons (Fsp3) is 0.692. The fourth-order valence-electron chi connectivity index (χ4n) is 4.63. The zero-order valence-electron chi connectivity index (χ0n) is 20.0. The third kappa shape index (κ3) is 7.55. The molecule has 0 aliphatic carbocycles. The number of nitrogens with zero attached hydrogens (tertiary/aromatic N) is 1. The molecule has 5 heteroatoms. The third-order valence-corrected chi connectivity index (χ3v) is 6.90. The van der Waals surface area contributed by atoms with E-state index in [1.165, 1.54) is 50.5 Å². The third-order valence-electron chi connectivity index (χ3n) is 6.90. The molecule has 2 rings (SSSR count). The van der Waals surface area contributed by atoms with Gasteiger partial charge in [-0.05, 0) is 89.0 Å². The van der Waals surface area contributed by atoms with Crippen LogP contribution in [0.5, 0.6) is 11.5 Å². The number of allylic oxidation sites excluding steroid dienone is 1. The van der Waals surface area contributed by atoms with Gasteiger partial charge in [0.05, 0.1) is 4.92 Å². The highest BCUT2D eigenvalue weighted by Gasteiger charge is 2.34. The first-order valence-electron chi connectivity index (χ1n) is 12.1. The molecule has 1 aliphatic heterocycles. The van der Waals surface area contributed by atoms with Crippen molar-refractivity contribution in [1.82, 2.24) is 0 Å². The maximum absolute atomic E-state index is 10.3. The van der Waals surface area contributed by atoms with E-state index in [4.69, 9.17) is 4.74 Å². The maximum atomic E-state index is 10.3. The predicted octanol–water partition coefficient (Wildman–Crippen LogP) is 7.48. The van der Waals surface area contributed by atoms with E-state index in [0.717, 1.165) is 67.2 Å². The topological polar surface area (TPSA) is 72.6 Å². The van der Waals surface area contributed by atoms with Crippen molar-refractivity contribution in [2.45, 2.75) is 117 Å². The van der Waals surface area contributed by atoms with Gasteiger partial charge in [0.1, 0.15) is 17.1 Å². The van der Waals surface area contributed by atoms with E-state index < -0.39 is 4.92 Å². The summed E-state index contributed by atoms with van der Waals surface area (Å²) in [6, 6.07) is 0. The quantitative estimate of drug-likeness (QED) is 0.199. The molecule has 0 saturated carbocycles. The molecule has 31 heavy (non-hydrogen) atoms. The number of hydrogen-bond donors (Lipinski definition) is 1. The van der Waals surface area contributed by atoms with Crippen LogP contribution in [0.25, 0.3) is 0 Å². The first kappa shape index (κ1) is 25.2. The minimum absolute atomic E-state index is 0.0999. The molecule has 1 unspecified atom stereocenters. The van der Waals surface area contributed by atoms with E-state index in [1.807, 2.05) is 13.8 Å². The minimum Gasteiger partial charge on any atom is -0.507 e. The van der Waals surface area contributed by atoms with Crippen LogP contribution in [0.1, 0.15) is 106 Å². The highest BCUT2D eigenvalue weighted by Crippen LogP contribution is 2.44. The SMILES string of the molecule is Cc1c(C)c2c(c(C)c1O)CCC(C)(CCCCCCCCCCC/C=C/[N+](=O)[O-])O2. The van der Waals surface area contributed by atoms with E-state index in [0.29, 0.717) is 5.75 Å². The van der Waals surface area contributed by atoms with Crippen LogP contribution < -0.4 is 4.74 Å².